The van der Waals surface area contributed by atoms with E-state index in [2.05, 4.69) is 14.6 Å². The van der Waals surface area contributed by atoms with E-state index in [1.165, 1.54) is 6.20 Å². The van der Waals surface area contributed by atoms with E-state index in [9.17, 15) is 14.0 Å². The number of halogens is 1. The maximum atomic E-state index is 14.8. The molecule has 2 fully saturated rings. The molecule has 2 aliphatic rings. The summed E-state index contributed by atoms with van der Waals surface area (Å²) in [6, 6.07) is 1.36. The van der Waals surface area contributed by atoms with E-state index in [4.69, 9.17) is 5.11 Å². The van der Waals surface area contributed by atoms with Gasteiger partial charge in [-0.15, -0.1) is 0 Å². The molecule has 26 heavy (non-hydrogen) atoms. The molecule has 0 saturated carbocycles. The van der Waals surface area contributed by atoms with Crippen LogP contribution in [-0.2, 0) is 6.54 Å². The first-order chi connectivity index (χ1) is 12.5. The van der Waals surface area contributed by atoms with Crippen LogP contribution in [-0.4, -0.2) is 57.9 Å². The zero-order valence-corrected chi connectivity index (χ0v) is 14.3. The number of fused-ring (bicyclic) bond motifs is 3. The van der Waals surface area contributed by atoms with Crippen LogP contribution >= 0.6 is 0 Å². The summed E-state index contributed by atoms with van der Waals surface area (Å²) in [4.78, 5) is 32.0. The van der Waals surface area contributed by atoms with Crippen LogP contribution in [0.5, 0.6) is 5.75 Å². The lowest BCUT2D eigenvalue weighted by Gasteiger charge is -2.35. The molecule has 138 valence electrons. The summed E-state index contributed by atoms with van der Waals surface area (Å²) in [6.07, 6.45) is 0.680. The smallest absolute Gasteiger partial charge is 0.449 e. The Morgan fingerprint density at radius 2 is 2.23 bits per heavy atom. The van der Waals surface area contributed by atoms with Gasteiger partial charge in [0.2, 0.25) is 5.43 Å². The fraction of sp³-hybridized carbons (Fsp3) is 0.471. The van der Waals surface area contributed by atoms with E-state index in [0.717, 1.165) is 32.1 Å². The summed E-state index contributed by atoms with van der Waals surface area (Å²) >= 11 is 0. The standard InChI is InChI=1S/C17H19FN4O4/c1-2-21-9-13(26-17(24)25)14(23)11-7-12(18)16(19-15(11)21)22-6-5-20-4-3-10(22)8-20/h7,9-10H,2-6,8H2,1H3,(H,24,25). The third kappa shape index (κ3) is 2.68. The van der Waals surface area contributed by atoms with Crippen molar-refractivity contribution in [3.63, 3.8) is 0 Å². The van der Waals surface area contributed by atoms with Crippen molar-refractivity contribution in [2.45, 2.75) is 25.9 Å². The Morgan fingerprint density at radius 3 is 2.96 bits per heavy atom. The molecule has 2 atom stereocenters. The Balaban J connectivity index is 1.86. The molecule has 2 unspecified atom stereocenters. The van der Waals surface area contributed by atoms with Crippen LogP contribution in [0, 0.1) is 5.82 Å². The van der Waals surface area contributed by atoms with Crippen molar-refractivity contribution in [1.29, 1.82) is 0 Å². The van der Waals surface area contributed by atoms with Crippen LogP contribution in [0.25, 0.3) is 11.0 Å². The quantitative estimate of drug-likeness (QED) is 0.828. The Labute approximate surface area is 148 Å². The van der Waals surface area contributed by atoms with Gasteiger partial charge in [-0.2, -0.15) is 0 Å². The van der Waals surface area contributed by atoms with Crippen molar-refractivity contribution in [2.75, 3.05) is 31.1 Å². The topological polar surface area (TPSA) is 87.9 Å². The lowest BCUT2D eigenvalue weighted by molar-refractivity contribution is 0.144. The number of nitrogens with zero attached hydrogens (tertiary/aromatic N) is 4. The predicted octanol–water partition coefficient (Wildman–Crippen LogP) is 1.51. The fourth-order valence-corrected chi connectivity index (χ4v) is 3.84. The highest BCUT2D eigenvalue weighted by Crippen LogP contribution is 2.29. The van der Waals surface area contributed by atoms with Crippen LogP contribution in [0.15, 0.2) is 17.1 Å². The number of pyridine rings is 2. The maximum Gasteiger partial charge on any atom is 0.511 e. The van der Waals surface area contributed by atoms with E-state index in [1.807, 2.05) is 11.8 Å². The second-order valence-corrected chi connectivity index (χ2v) is 6.58. The highest BCUT2D eigenvalue weighted by molar-refractivity contribution is 5.79. The number of carboxylic acid groups (broad SMARTS) is 1. The van der Waals surface area contributed by atoms with Crippen molar-refractivity contribution in [3.05, 3.63) is 28.3 Å². The van der Waals surface area contributed by atoms with Gasteiger partial charge in [-0.3, -0.25) is 9.69 Å². The summed E-state index contributed by atoms with van der Waals surface area (Å²) in [5, 5.41) is 8.80. The van der Waals surface area contributed by atoms with E-state index in [1.54, 1.807) is 4.57 Å². The first-order valence-electron chi connectivity index (χ1n) is 8.61. The number of aromatic nitrogens is 2. The third-order valence-electron chi connectivity index (χ3n) is 5.11. The monoisotopic (exact) mass is 362 g/mol. The summed E-state index contributed by atoms with van der Waals surface area (Å²) in [5.74, 6) is -0.687. The highest BCUT2D eigenvalue weighted by Gasteiger charge is 2.34. The van der Waals surface area contributed by atoms with Crippen LogP contribution < -0.4 is 15.1 Å². The molecule has 0 aromatic carbocycles. The van der Waals surface area contributed by atoms with Gasteiger partial charge < -0.3 is 19.3 Å². The van der Waals surface area contributed by atoms with Crippen LogP contribution in [0.4, 0.5) is 15.0 Å². The number of piperazine rings is 1. The number of anilines is 1. The maximum absolute atomic E-state index is 14.8. The summed E-state index contributed by atoms with van der Waals surface area (Å²) in [7, 11) is 0. The Kier molecular flexibility index (Phi) is 4.03. The molecule has 2 bridgehead atoms. The molecule has 8 nitrogen and oxygen atoms in total. The minimum atomic E-state index is -1.59. The normalized spacial score (nSPS) is 22.0. The Hall–Kier alpha value is -2.68. The molecule has 4 rings (SSSR count). The summed E-state index contributed by atoms with van der Waals surface area (Å²) in [5.41, 5.74) is -0.359. The van der Waals surface area contributed by atoms with Gasteiger partial charge in [0.25, 0.3) is 0 Å². The van der Waals surface area contributed by atoms with Crippen LogP contribution in [0.1, 0.15) is 13.3 Å². The molecule has 2 aliphatic heterocycles. The van der Waals surface area contributed by atoms with Crippen molar-refractivity contribution in [2.24, 2.45) is 0 Å². The second kappa shape index (κ2) is 6.24. The van der Waals surface area contributed by atoms with E-state index < -0.39 is 17.4 Å². The van der Waals surface area contributed by atoms with Crippen molar-refractivity contribution in [3.8, 4) is 5.75 Å². The summed E-state index contributed by atoms with van der Waals surface area (Å²) < 4.78 is 21.0. The van der Waals surface area contributed by atoms with Crippen molar-refractivity contribution >= 4 is 23.0 Å². The van der Waals surface area contributed by atoms with E-state index in [0.29, 0.717) is 18.7 Å². The number of aryl methyl sites for hydroxylation is 1. The largest absolute Gasteiger partial charge is 0.511 e. The van der Waals surface area contributed by atoms with Gasteiger partial charge in [0, 0.05) is 38.8 Å². The number of rotatable bonds is 3. The van der Waals surface area contributed by atoms with E-state index in [-0.39, 0.29) is 23.0 Å². The predicted molar refractivity (Wildman–Crippen MR) is 92.5 cm³/mol. The van der Waals surface area contributed by atoms with Gasteiger partial charge in [-0.25, -0.2) is 14.2 Å². The molecule has 2 aromatic heterocycles. The minimum Gasteiger partial charge on any atom is -0.449 e. The van der Waals surface area contributed by atoms with Crippen LogP contribution in [0.3, 0.4) is 0 Å². The van der Waals surface area contributed by atoms with Crippen LogP contribution in [0.2, 0.25) is 0 Å². The lowest BCUT2D eigenvalue weighted by atomic mass is 10.2. The molecule has 0 aliphatic carbocycles. The average molecular weight is 362 g/mol. The molecule has 0 spiro atoms. The number of hydrogen-bond acceptors (Lipinski definition) is 6. The molecule has 0 radical (unpaired) electrons. The Morgan fingerprint density at radius 1 is 1.42 bits per heavy atom. The SMILES string of the molecule is CCn1cc(OC(=O)O)c(=O)c2cc(F)c(N3CCN4CCC3C4)nc21. The zero-order valence-electron chi connectivity index (χ0n) is 14.3. The van der Waals surface area contributed by atoms with Gasteiger partial charge in [0.1, 0.15) is 5.65 Å². The Bertz CT molecular complexity index is 944. The third-order valence-corrected chi connectivity index (χ3v) is 5.11. The summed E-state index contributed by atoms with van der Waals surface area (Å²) in [6.45, 7) is 5.71. The van der Waals surface area contributed by atoms with Crippen molar-refractivity contribution < 1.29 is 19.0 Å². The molecule has 1 N–H and O–H groups in total. The van der Waals surface area contributed by atoms with Gasteiger partial charge >= 0.3 is 6.16 Å². The molecule has 4 heterocycles. The van der Waals surface area contributed by atoms with Gasteiger partial charge in [0.15, 0.2) is 17.4 Å². The number of carbonyl (C=O) groups is 1. The van der Waals surface area contributed by atoms with Gasteiger partial charge in [0.05, 0.1) is 11.6 Å². The van der Waals surface area contributed by atoms with Crippen molar-refractivity contribution in [1.82, 2.24) is 14.5 Å². The first kappa shape index (κ1) is 16.8. The molecular formula is C17H19FN4O4. The van der Waals surface area contributed by atoms with Gasteiger partial charge in [-0.1, -0.05) is 0 Å². The molecule has 9 heteroatoms. The number of hydrogen-bond donors (Lipinski definition) is 1. The second-order valence-electron chi connectivity index (χ2n) is 6.58. The zero-order chi connectivity index (χ0) is 18.4. The molecule has 0 amide bonds. The minimum absolute atomic E-state index is 0.0110. The average Bonchev–Trinajstić information content (AvgIpc) is 2.99. The highest BCUT2D eigenvalue weighted by atomic mass is 19.1. The lowest BCUT2D eigenvalue weighted by Crippen LogP contribution is -2.47. The molecular weight excluding hydrogens is 343 g/mol. The van der Waals surface area contributed by atoms with Gasteiger partial charge in [-0.05, 0) is 19.4 Å². The van der Waals surface area contributed by atoms with E-state index >= 15 is 0 Å². The first-order valence-corrected chi connectivity index (χ1v) is 8.61. The molecule has 2 aromatic rings. The number of ether oxygens (including phenoxy) is 1. The fourth-order valence-electron chi connectivity index (χ4n) is 3.84. The molecule has 2 saturated heterocycles.